The highest BCUT2D eigenvalue weighted by Gasteiger charge is 2.20. The highest BCUT2D eigenvalue weighted by Crippen LogP contribution is 2.43. The fourth-order valence-corrected chi connectivity index (χ4v) is 4.27. The second-order valence-corrected chi connectivity index (χ2v) is 7.28. The number of nitriles is 1. The van der Waals surface area contributed by atoms with Crippen LogP contribution in [0.2, 0.25) is 0 Å². The second-order valence-electron chi connectivity index (χ2n) is 6.26. The van der Waals surface area contributed by atoms with Gasteiger partial charge in [0.2, 0.25) is 0 Å². The Morgan fingerprint density at radius 3 is 3.11 bits per heavy atom. The van der Waals surface area contributed by atoms with E-state index >= 15 is 0 Å². The molecular weight excluding hydrogens is 374 g/mol. The van der Waals surface area contributed by atoms with Crippen molar-refractivity contribution in [3.05, 3.63) is 36.2 Å². The zero-order valence-corrected chi connectivity index (χ0v) is 16.2. The third kappa shape index (κ3) is 3.54. The number of hydrazone groups is 1. The molecule has 0 spiro atoms. The van der Waals surface area contributed by atoms with Crippen molar-refractivity contribution < 1.29 is 9.47 Å². The van der Waals surface area contributed by atoms with Crippen molar-refractivity contribution in [3.8, 4) is 22.3 Å². The number of ether oxygens (including phenoxy) is 2. The summed E-state index contributed by atoms with van der Waals surface area (Å²) in [5.41, 5.74) is 5.01. The quantitative estimate of drug-likeness (QED) is 0.501. The van der Waals surface area contributed by atoms with Gasteiger partial charge in [-0.25, -0.2) is 9.97 Å². The topological polar surface area (TPSA) is 92.4 Å². The molecule has 7 nitrogen and oxygen atoms in total. The molecule has 1 fully saturated rings. The summed E-state index contributed by atoms with van der Waals surface area (Å²) in [6.07, 6.45) is 4.27. The van der Waals surface area contributed by atoms with E-state index in [0.717, 1.165) is 33.9 Å². The molecule has 142 valence electrons. The minimum absolute atomic E-state index is 0.316. The average molecular weight is 393 g/mol. The molecule has 0 radical (unpaired) electrons. The Kier molecular flexibility index (Phi) is 5.46. The molecule has 1 atom stereocenters. The van der Waals surface area contributed by atoms with Gasteiger partial charge in [0.05, 0.1) is 28.4 Å². The van der Waals surface area contributed by atoms with E-state index in [1.165, 1.54) is 17.7 Å². The van der Waals surface area contributed by atoms with E-state index in [9.17, 15) is 5.26 Å². The number of rotatable bonds is 6. The molecule has 4 rings (SSSR count). The van der Waals surface area contributed by atoms with Gasteiger partial charge in [-0.2, -0.15) is 10.4 Å². The predicted octanol–water partition coefficient (Wildman–Crippen LogP) is 4.06. The number of aromatic nitrogens is 2. The maximum Gasteiger partial charge on any atom is 0.167 e. The van der Waals surface area contributed by atoms with E-state index in [1.54, 1.807) is 0 Å². The van der Waals surface area contributed by atoms with Gasteiger partial charge < -0.3 is 9.47 Å². The first kappa shape index (κ1) is 18.3. The van der Waals surface area contributed by atoms with Crippen LogP contribution >= 0.6 is 11.3 Å². The summed E-state index contributed by atoms with van der Waals surface area (Å²) in [6, 6.07) is 10.0. The summed E-state index contributed by atoms with van der Waals surface area (Å²) in [5.74, 6) is 1.65. The Balaban J connectivity index is 1.74. The van der Waals surface area contributed by atoms with Gasteiger partial charge in [0, 0.05) is 24.3 Å². The maximum atomic E-state index is 9.79. The van der Waals surface area contributed by atoms with Gasteiger partial charge in [0.15, 0.2) is 5.82 Å². The van der Waals surface area contributed by atoms with Crippen LogP contribution in [0, 0.1) is 17.2 Å². The molecule has 2 aromatic heterocycles. The van der Waals surface area contributed by atoms with Crippen LogP contribution < -0.4 is 10.2 Å². The van der Waals surface area contributed by atoms with E-state index in [1.807, 2.05) is 37.4 Å². The van der Waals surface area contributed by atoms with Gasteiger partial charge in [-0.15, -0.1) is 11.3 Å². The van der Waals surface area contributed by atoms with Crippen molar-refractivity contribution in [2.24, 2.45) is 11.0 Å². The highest BCUT2D eigenvalue weighted by molar-refractivity contribution is 7.23. The molecule has 28 heavy (non-hydrogen) atoms. The number of para-hydroxylation sites is 1. The first-order valence-electron chi connectivity index (χ1n) is 9.08. The summed E-state index contributed by atoms with van der Waals surface area (Å²) in [6.45, 7) is 3.96. The lowest BCUT2D eigenvalue weighted by Crippen LogP contribution is -2.03. The predicted molar refractivity (Wildman–Crippen MR) is 110 cm³/mol. The SMILES string of the molecule is CCOc1ccccc1-c1sc2c(N/N=C/C3CCOC3)ncnc2c1C#N. The van der Waals surface area contributed by atoms with Crippen LogP contribution in [0.25, 0.3) is 20.7 Å². The Labute approximate surface area is 166 Å². The number of anilines is 1. The molecule has 1 aliphatic heterocycles. The Morgan fingerprint density at radius 1 is 1.43 bits per heavy atom. The third-order valence-corrected chi connectivity index (χ3v) is 5.65. The first-order chi connectivity index (χ1) is 13.8. The van der Waals surface area contributed by atoms with Crippen LogP contribution in [0.15, 0.2) is 35.7 Å². The van der Waals surface area contributed by atoms with Gasteiger partial charge in [0.1, 0.15) is 23.7 Å². The van der Waals surface area contributed by atoms with Crippen molar-refractivity contribution in [2.75, 3.05) is 25.2 Å². The Morgan fingerprint density at radius 2 is 2.32 bits per heavy atom. The van der Waals surface area contributed by atoms with Crippen LogP contribution in [0.4, 0.5) is 5.82 Å². The number of nitrogens with zero attached hydrogens (tertiary/aromatic N) is 4. The van der Waals surface area contributed by atoms with Crippen LogP contribution in [-0.2, 0) is 4.74 Å². The fraction of sp³-hybridized carbons (Fsp3) is 0.300. The molecule has 3 aromatic rings. The molecule has 1 aromatic carbocycles. The lowest BCUT2D eigenvalue weighted by molar-refractivity contribution is 0.193. The smallest absolute Gasteiger partial charge is 0.167 e. The summed E-state index contributed by atoms with van der Waals surface area (Å²) in [7, 11) is 0. The number of hydrogen-bond donors (Lipinski definition) is 1. The van der Waals surface area contributed by atoms with Gasteiger partial charge in [-0.1, -0.05) is 12.1 Å². The number of benzene rings is 1. The lowest BCUT2D eigenvalue weighted by Gasteiger charge is -2.08. The van der Waals surface area contributed by atoms with Crippen molar-refractivity contribution in [2.45, 2.75) is 13.3 Å². The minimum Gasteiger partial charge on any atom is -0.493 e. The summed E-state index contributed by atoms with van der Waals surface area (Å²) in [5, 5.41) is 14.1. The summed E-state index contributed by atoms with van der Waals surface area (Å²) >= 11 is 1.46. The third-order valence-electron chi connectivity index (χ3n) is 4.44. The standard InChI is InChI=1S/C20H19N5O2S/c1-2-27-16-6-4-3-5-14(16)18-15(9-21)17-19(28-18)20(23-12-22-17)25-24-10-13-7-8-26-11-13/h3-6,10,12-13H,2,7-8,11H2,1H3,(H,22,23,25)/b24-10+. The van der Waals surface area contributed by atoms with Crippen LogP contribution in [-0.4, -0.2) is 36.0 Å². The van der Waals surface area contributed by atoms with Crippen LogP contribution in [0.1, 0.15) is 18.9 Å². The van der Waals surface area contributed by atoms with Gasteiger partial charge in [-0.05, 0) is 25.5 Å². The van der Waals surface area contributed by atoms with E-state index in [4.69, 9.17) is 9.47 Å². The van der Waals surface area contributed by atoms with Crippen molar-refractivity contribution in [1.29, 1.82) is 5.26 Å². The van der Waals surface area contributed by atoms with Gasteiger partial charge in [0.25, 0.3) is 0 Å². The molecule has 0 aliphatic carbocycles. The van der Waals surface area contributed by atoms with E-state index in [2.05, 4.69) is 26.6 Å². The molecule has 1 aliphatic rings. The van der Waals surface area contributed by atoms with Gasteiger partial charge in [-0.3, -0.25) is 5.43 Å². The number of thiophene rings is 1. The van der Waals surface area contributed by atoms with Crippen molar-refractivity contribution in [3.63, 3.8) is 0 Å². The molecule has 1 unspecified atom stereocenters. The van der Waals surface area contributed by atoms with Crippen molar-refractivity contribution in [1.82, 2.24) is 9.97 Å². The zero-order valence-electron chi connectivity index (χ0n) is 15.4. The van der Waals surface area contributed by atoms with Gasteiger partial charge >= 0.3 is 0 Å². The number of hydrogen-bond acceptors (Lipinski definition) is 8. The molecule has 1 N–H and O–H groups in total. The van der Waals surface area contributed by atoms with Crippen LogP contribution in [0.5, 0.6) is 5.75 Å². The molecule has 0 bridgehead atoms. The molecule has 3 heterocycles. The monoisotopic (exact) mass is 393 g/mol. The normalized spacial score (nSPS) is 16.5. The van der Waals surface area contributed by atoms with E-state index < -0.39 is 0 Å². The van der Waals surface area contributed by atoms with E-state index in [0.29, 0.717) is 36.0 Å². The Hall–Kier alpha value is -3.02. The minimum atomic E-state index is 0.316. The molecule has 8 heteroatoms. The molecule has 0 amide bonds. The molecule has 0 saturated carbocycles. The van der Waals surface area contributed by atoms with Crippen molar-refractivity contribution >= 4 is 33.6 Å². The zero-order chi connectivity index (χ0) is 19.3. The highest BCUT2D eigenvalue weighted by atomic mass is 32.1. The average Bonchev–Trinajstić information content (AvgIpc) is 3.36. The van der Waals surface area contributed by atoms with Crippen LogP contribution in [0.3, 0.4) is 0 Å². The molecule has 1 saturated heterocycles. The molecular formula is C20H19N5O2S. The fourth-order valence-electron chi connectivity index (χ4n) is 3.09. The first-order valence-corrected chi connectivity index (χ1v) is 9.90. The number of nitrogens with one attached hydrogen (secondary N) is 1. The summed E-state index contributed by atoms with van der Waals surface area (Å²) < 4.78 is 11.9. The number of fused-ring (bicyclic) bond motifs is 1. The largest absolute Gasteiger partial charge is 0.493 e. The summed E-state index contributed by atoms with van der Waals surface area (Å²) in [4.78, 5) is 9.48. The maximum absolute atomic E-state index is 9.79. The Bertz CT molecular complexity index is 1050. The van der Waals surface area contributed by atoms with E-state index in [-0.39, 0.29) is 0 Å². The second kappa shape index (κ2) is 8.33. The lowest BCUT2D eigenvalue weighted by atomic mass is 10.1.